The molecule has 1 aliphatic rings. The number of ether oxygens (including phenoxy) is 2. The zero-order valence-electron chi connectivity index (χ0n) is 13.5. The van der Waals surface area contributed by atoms with Gasteiger partial charge in [0, 0.05) is 0 Å². The van der Waals surface area contributed by atoms with Gasteiger partial charge in [0.2, 0.25) is 0 Å². The Bertz CT molecular complexity index is 574. The Kier molecular flexibility index (Phi) is 5.53. The monoisotopic (exact) mass is 318 g/mol. The molecule has 0 aliphatic heterocycles. The number of ketones is 1. The van der Waals surface area contributed by atoms with Crippen LogP contribution in [0.5, 0.6) is 0 Å². The lowest BCUT2D eigenvalue weighted by Crippen LogP contribution is -2.35. The fourth-order valence-electron chi connectivity index (χ4n) is 2.81. The third-order valence-corrected chi connectivity index (χ3v) is 4.20. The molecule has 1 fully saturated rings. The van der Waals surface area contributed by atoms with E-state index in [1.54, 1.807) is 13.8 Å². The lowest BCUT2D eigenvalue weighted by molar-refractivity contribution is -0.162. The number of hydrogen-bond donors (Lipinski definition) is 0. The molecule has 0 aromatic heterocycles. The normalized spacial score (nSPS) is 16.3. The van der Waals surface area contributed by atoms with E-state index in [0.717, 1.165) is 18.4 Å². The van der Waals surface area contributed by atoms with Gasteiger partial charge in [0.15, 0.2) is 0 Å². The van der Waals surface area contributed by atoms with Crippen molar-refractivity contribution in [3.05, 3.63) is 35.9 Å². The summed E-state index contributed by atoms with van der Waals surface area (Å²) in [5.74, 6) is -3.52. The number of benzene rings is 1. The SMILES string of the molecule is CCOC(=O)C(=O)C(CC1(c2ccccc2)CC1)C(=O)OCC. The minimum Gasteiger partial charge on any atom is -0.465 e. The second-order valence-electron chi connectivity index (χ2n) is 5.74. The van der Waals surface area contributed by atoms with Crippen LogP contribution in [0.3, 0.4) is 0 Å². The van der Waals surface area contributed by atoms with Crippen LogP contribution < -0.4 is 0 Å². The quantitative estimate of drug-likeness (QED) is 0.418. The zero-order valence-corrected chi connectivity index (χ0v) is 13.5. The molecule has 0 N–H and O–H groups in total. The number of Topliss-reactive ketones (excluding diaryl/α,β-unsaturated/α-hetero) is 1. The largest absolute Gasteiger partial charge is 0.465 e. The summed E-state index contributed by atoms with van der Waals surface area (Å²) in [6.45, 7) is 3.57. The van der Waals surface area contributed by atoms with Crippen molar-refractivity contribution in [1.29, 1.82) is 0 Å². The molecule has 0 amide bonds. The highest BCUT2D eigenvalue weighted by atomic mass is 16.5. The maximum absolute atomic E-state index is 12.3. The van der Waals surface area contributed by atoms with Crippen LogP contribution >= 0.6 is 0 Å². The molecular formula is C18H22O5. The lowest BCUT2D eigenvalue weighted by atomic mass is 9.84. The van der Waals surface area contributed by atoms with E-state index >= 15 is 0 Å². The van der Waals surface area contributed by atoms with E-state index < -0.39 is 23.6 Å². The van der Waals surface area contributed by atoms with Gasteiger partial charge < -0.3 is 9.47 Å². The minimum absolute atomic E-state index is 0.101. The van der Waals surface area contributed by atoms with E-state index in [0.29, 0.717) is 0 Å². The smallest absolute Gasteiger partial charge is 0.375 e. The van der Waals surface area contributed by atoms with Crippen molar-refractivity contribution in [2.45, 2.75) is 38.5 Å². The standard InChI is InChI=1S/C18H22O5/c1-3-22-16(20)14(15(19)17(21)23-4-2)12-18(10-11-18)13-8-6-5-7-9-13/h5-9,14H,3-4,10-12H2,1-2H3. The van der Waals surface area contributed by atoms with Crippen molar-refractivity contribution in [2.75, 3.05) is 13.2 Å². The van der Waals surface area contributed by atoms with Gasteiger partial charge in [0.05, 0.1) is 13.2 Å². The van der Waals surface area contributed by atoms with Crippen molar-refractivity contribution in [3.63, 3.8) is 0 Å². The zero-order chi connectivity index (χ0) is 16.9. The third-order valence-electron chi connectivity index (χ3n) is 4.20. The maximum atomic E-state index is 12.3. The van der Waals surface area contributed by atoms with Gasteiger partial charge in [-0.1, -0.05) is 30.3 Å². The van der Waals surface area contributed by atoms with Crippen LogP contribution in [0.25, 0.3) is 0 Å². The first-order valence-electron chi connectivity index (χ1n) is 7.97. The Morgan fingerprint density at radius 2 is 1.65 bits per heavy atom. The third kappa shape index (κ3) is 3.97. The van der Waals surface area contributed by atoms with Gasteiger partial charge in [-0.15, -0.1) is 0 Å². The summed E-state index contributed by atoms with van der Waals surface area (Å²) in [6.07, 6.45) is 2.07. The fraction of sp³-hybridized carbons (Fsp3) is 0.500. The van der Waals surface area contributed by atoms with Gasteiger partial charge >= 0.3 is 11.9 Å². The van der Waals surface area contributed by atoms with Gasteiger partial charge in [0.1, 0.15) is 5.92 Å². The van der Waals surface area contributed by atoms with E-state index in [4.69, 9.17) is 9.47 Å². The van der Waals surface area contributed by atoms with Crippen molar-refractivity contribution in [1.82, 2.24) is 0 Å². The second-order valence-corrected chi connectivity index (χ2v) is 5.74. The minimum atomic E-state index is -1.10. The van der Waals surface area contributed by atoms with Crippen LogP contribution in [0, 0.1) is 5.92 Å². The van der Waals surface area contributed by atoms with Gasteiger partial charge in [0.25, 0.3) is 5.78 Å². The van der Waals surface area contributed by atoms with Crippen LogP contribution in [-0.2, 0) is 29.3 Å². The summed E-state index contributed by atoms with van der Waals surface area (Å²) in [4.78, 5) is 36.2. The number of hydrogen-bond acceptors (Lipinski definition) is 5. The number of rotatable bonds is 8. The summed E-state index contributed by atoms with van der Waals surface area (Å²) < 4.78 is 9.75. The summed E-state index contributed by atoms with van der Waals surface area (Å²) in [6, 6.07) is 9.77. The number of carbonyl (C=O) groups is 3. The molecule has 2 rings (SSSR count). The lowest BCUT2D eigenvalue weighted by Gasteiger charge is -2.21. The molecule has 23 heavy (non-hydrogen) atoms. The van der Waals surface area contributed by atoms with Crippen LogP contribution in [0.1, 0.15) is 38.7 Å². The van der Waals surface area contributed by atoms with Gasteiger partial charge in [-0.05, 0) is 44.1 Å². The molecule has 5 nitrogen and oxygen atoms in total. The first-order valence-corrected chi connectivity index (χ1v) is 7.97. The highest BCUT2D eigenvalue weighted by Gasteiger charge is 2.49. The number of esters is 2. The summed E-state index contributed by atoms with van der Waals surface area (Å²) >= 11 is 0. The summed E-state index contributed by atoms with van der Waals surface area (Å²) in [5, 5.41) is 0. The summed E-state index contributed by atoms with van der Waals surface area (Å²) in [7, 11) is 0. The Morgan fingerprint density at radius 3 is 2.17 bits per heavy atom. The first-order chi connectivity index (χ1) is 11.0. The Labute approximate surface area is 136 Å². The van der Waals surface area contributed by atoms with Gasteiger partial charge in [-0.3, -0.25) is 9.59 Å². The van der Waals surface area contributed by atoms with Crippen LogP contribution in [0.15, 0.2) is 30.3 Å². The molecule has 0 saturated heterocycles. The highest BCUT2D eigenvalue weighted by Crippen LogP contribution is 2.52. The molecule has 124 valence electrons. The molecule has 0 heterocycles. The molecular weight excluding hydrogens is 296 g/mol. The van der Waals surface area contributed by atoms with Crippen LogP contribution in [-0.4, -0.2) is 30.9 Å². The maximum Gasteiger partial charge on any atom is 0.375 e. The highest BCUT2D eigenvalue weighted by molar-refractivity contribution is 6.37. The average molecular weight is 318 g/mol. The molecule has 1 saturated carbocycles. The molecule has 0 spiro atoms. The Morgan fingerprint density at radius 1 is 1.04 bits per heavy atom. The predicted octanol–water partition coefficient (Wildman–Crippen LogP) is 2.42. The van der Waals surface area contributed by atoms with Gasteiger partial charge in [-0.25, -0.2) is 4.79 Å². The molecule has 1 unspecified atom stereocenters. The van der Waals surface area contributed by atoms with Crippen molar-refractivity contribution < 1.29 is 23.9 Å². The number of carbonyl (C=O) groups excluding carboxylic acids is 3. The molecule has 0 radical (unpaired) electrons. The first kappa shape index (κ1) is 17.2. The predicted molar refractivity (Wildman–Crippen MR) is 83.7 cm³/mol. The van der Waals surface area contributed by atoms with Crippen LogP contribution in [0.4, 0.5) is 0 Å². The Balaban J connectivity index is 2.20. The second kappa shape index (κ2) is 7.40. The Hall–Kier alpha value is -2.17. The van der Waals surface area contributed by atoms with Crippen molar-refractivity contribution >= 4 is 17.7 Å². The van der Waals surface area contributed by atoms with E-state index in [-0.39, 0.29) is 25.0 Å². The van der Waals surface area contributed by atoms with Crippen LogP contribution in [0.2, 0.25) is 0 Å². The van der Waals surface area contributed by atoms with Crippen molar-refractivity contribution in [3.8, 4) is 0 Å². The molecule has 0 bridgehead atoms. The topological polar surface area (TPSA) is 69.7 Å². The van der Waals surface area contributed by atoms with Gasteiger partial charge in [-0.2, -0.15) is 0 Å². The molecule has 1 atom stereocenters. The van der Waals surface area contributed by atoms with E-state index in [1.807, 2.05) is 30.3 Å². The molecule has 1 aromatic carbocycles. The fourth-order valence-corrected chi connectivity index (χ4v) is 2.81. The van der Waals surface area contributed by atoms with Crippen molar-refractivity contribution in [2.24, 2.45) is 5.92 Å². The average Bonchev–Trinajstić information content (AvgIpc) is 3.34. The molecule has 1 aromatic rings. The van der Waals surface area contributed by atoms with E-state index in [2.05, 4.69) is 0 Å². The molecule has 1 aliphatic carbocycles. The van der Waals surface area contributed by atoms with E-state index in [1.165, 1.54) is 0 Å². The molecule has 5 heteroatoms. The van der Waals surface area contributed by atoms with E-state index in [9.17, 15) is 14.4 Å². The summed E-state index contributed by atoms with van der Waals surface area (Å²) in [5.41, 5.74) is 0.867.